The van der Waals surface area contributed by atoms with Gasteiger partial charge >= 0.3 is 0 Å². The van der Waals surface area contributed by atoms with Crippen molar-refractivity contribution in [2.24, 2.45) is 0 Å². The fraction of sp³-hybridized carbons (Fsp3) is 0.571. The second-order valence-electron chi connectivity index (χ2n) is 5.09. The third kappa shape index (κ3) is 3.02. The molecular weight excluding hydrogens is 255 g/mol. The maximum Gasteiger partial charge on any atom is 0.141 e. The first kappa shape index (κ1) is 13.8. The Hall–Kier alpha value is -0.640. The van der Waals surface area contributed by atoms with Crippen LogP contribution in [0.15, 0.2) is 18.2 Å². The number of ether oxygens (including phenoxy) is 1. The molecule has 4 heteroatoms. The first-order valence-corrected chi connectivity index (χ1v) is 6.65. The van der Waals surface area contributed by atoms with E-state index in [1.807, 2.05) is 6.92 Å². The Kier molecular flexibility index (Phi) is 4.25. The van der Waals surface area contributed by atoms with Crippen LogP contribution < -0.4 is 0 Å². The number of halogens is 2. The van der Waals surface area contributed by atoms with E-state index >= 15 is 0 Å². The van der Waals surface area contributed by atoms with Crippen molar-refractivity contribution in [3.8, 4) is 0 Å². The first-order chi connectivity index (χ1) is 8.51. The number of hydrogen-bond donors (Lipinski definition) is 1. The van der Waals surface area contributed by atoms with Crippen LogP contribution >= 0.6 is 11.6 Å². The summed E-state index contributed by atoms with van der Waals surface area (Å²) in [5, 5.41) is 10.4. The predicted molar refractivity (Wildman–Crippen MR) is 69.3 cm³/mol. The average Bonchev–Trinajstić information content (AvgIpc) is 2.35. The molecule has 0 aromatic heterocycles. The van der Waals surface area contributed by atoms with Crippen molar-refractivity contribution in [2.45, 2.75) is 44.3 Å². The van der Waals surface area contributed by atoms with Gasteiger partial charge in [0.25, 0.3) is 0 Å². The molecule has 0 aliphatic carbocycles. The van der Waals surface area contributed by atoms with Gasteiger partial charge in [-0.05, 0) is 43.9 Å². The highest BCUT2D eigenvalue weighted by Gasteiger charge is 2.35. The van der Waals surface area contributed by atoms with E-state index in [1.54, 1.807) is 12.1 Å². The van der Waals surface area contributed by atoms with Crippen LogP contribution in [0.4, 0.5) is 4.39 Å². The molecule has 2 nitrogen and oxygen atoms in total. The van der Waals surface area contributed by atoms with Gasteiger partial charge < -0.3 is 9.84 Å². The molecule has 2 atom stereocenters. The number of aliphatic hydroxyl groups excluding tert-OH is 1. The SMILES string of the molecule is CC1(C(O)Cc2ccc(F)c(Cl)c2)CCCCO1. The van der Waals surface area contributed by atoms with Crippen molar-refractivity contribution in [2.75, 3.05) is 6.61 Å². The second-order valence-corrected chi connectivity index (χ2v) is 5.49. The molecule has 1 aromatic carbocycles. The largest absolute Gasteiger partial charge is 0.390 e. The monoisotopic (exact) mass is 272 g/mol. The lowest BCUT2D eigenvalue weighted by atomic mass is 9.87. The van der Waals surface area contributed by atoms with Gasteiger partial charge in [-0.15, -0.1) is 0 Å². The zero-order valence-corrected chi connectivity index (χ0v) is 11.2. The molecule has 0 spiro atoms. The zero-order chi connectivity index (χ0) is 13.2. The van der Waals surface area contributed by atoms with Gasteiger partial charge in [-0.3, -0.25) is 0 Å². The Morgan fingerprint density at radius 1 is 1.50 bits per heavy atom. The molecular formula is C14H18ClFO2. The highest BCUT2D eigenvalue weighted by Crippen LogP contribution is 2.30. The lowest BCUT2D eigenvalue weighted by molar-refractivity contribution is -0.135. The third-order valence-electron chi connectivity index (χ3n) is 3.62. The quantitative estimate of drug-likeness (QED) is 0.914. The lowest BCUT2D eigenvalue weighted by Crippen LogP contribution is -2.45. The molecule has 2 unspecified atom stereocenters. The van der Waals surface area contributed by atoms with E-state index in [0.29, 0.717) is 13.0 Å². The second kappa shape index (κ2) is 5.55. The third-order valence-corrected chi connectivity index (χ3v) is 3.91. The van der Waals surface area contributed by atoms with Crippen LogP contribution in [0.1, 0.15) is 31.7 Å². The minimum atomic E-state index is -0.598. The minimum Gasteiger partial charge on any atom is -0.390 e. The molecule has 1 N–H and O–H groups in total. The molecule has 1 aliphatic rings. The Morgan fingerprint density at radius 3 is 2.89 bits per heavy atom. The summed E-state index contributed by atoms with van der Waals surface area (Å²) in [6.45, 7) is 2.62. The average molecular weight is 273 g/mol. The molecule has 0 saturated carbocycles. The molecule has 1 saturated heterocycles. The maximum absolute atomic E-state index is 13.0. The predicted octanol–water partition coefficient (Wildman–Crippen LogP) is 3.34. The van der Waals surface area contributed by atoms with Crippen LogP contribution in [0.3, 0.4) is 0 Å². The summed E-state index contributed by atoms with van der Waals surface area (Å²) in [5.74, 6) is -0.435. The Balaban J connectivity index is 2.05. The van der Waals surface area contributed by atoms with Crippen LogP contribution in [0.2, 0.25) is 5.02 Å². The smallest absolute Gasteiger partial charge is 0.141 e. The summed E-state index contributed by atoms with van der Waals surface area (Å²) in [4.78, 5) is 0. The van der Waals surface area contributed by atoms with Gasteiger partial charge in [0.2, 0.25) is 0 Å². The van der Waals surface area contributed by atoms with E-state index in [0.717, 1.165) is 24.8 Å². The van der Waals surface area contributed by atoms with Gasteiger partial charge in [0.05, 0.1) is 16.7 Å². The molecule has 1 aliphatic heterocycles. The van der Waals surface area contributed by atoms with E-state index in [1.165, 1.54) is 6.07 Å². The summed E-state index contributed by atoms with van der Waals surface area (Å²) in [6, 6.07) is 4.54. The minimum absolute atomic E-state index is 0.0921. The van der Waals surface area contributed by atoms with E-state index in [2.05, 4.69) is 0 Å². The van der Waals surface area contributed by atoms with E-state index in [-0.39, 0.29) is 5.02 Å². The highest BCUT2D eigenvalue weighted by molar-refractivity contribution is 6.30. The van der Waals surface area contributed by atoms with Crippen molar-refractivity contribution >= 4 is 11.6 Å². The van der Waals surface area contributed by atoms with Crippen molar-refractivity contribution in [3.05, 3.63) is 34.6 Å². The summed E-state index contributed by atoms with van der Waals surface area (Å²) in [5.41, 5.74) is 0.323. The zero-order valence-electron chi connectivity index (χ0n) is 10.5. The van der Waals surface area contributed by atoms with Crippen LogP contribution in [0, 0.1) is 5.82 Å². The number of hydrogen-bond acceptors (Lipinski definition) is 2. The molecule has 18 heavy (non-hydrogen) atoms. The van der Waals surface area contributed by atoms with Crippen molar-refractivity contribution in [1.29, 1.82) is 0 Å². The van der Waals surface area contributed by atoms with Gasteiger partial charge in [-0.2, -0.15) is 0 Å². The molecule has 0 radical (unpaired) electrons. The van der Waals surface area contributed by atoms with Gasteiger partial charge in [0, 0.05) is 13.0 Å². The van der Waals surface area contributed by atoms with Crippen LogP contribution in [-0.2, 0) is 11.2 Å². The van der Waals surface area contributed by atoms with Crippen molar-refractivity contribution < 1.29 is 14.2 Å². The van der Waals surface area contributed by atoms with Crippen LogP contribution in [0.5, 0.6) is 0 Å². The van der Waals surface area contributed by atoms with Gasteiger partial charge in [-0.25, -0.2) is 4.39 Å². The molecule has 0 amide bonds. The molecule has 1 aromatic rings. The van der Waals surface area contributed by atoms with Gasteiger partial charge in [0.1, 0.15) is 5.82 Å². The molecule has 1 heterocycles. The highest BCUT2D eigenvalue weighted by atomic mass is 35.5. The Labute approximate surface area is 112 Å². The number of benzene rings is 1. The Morgan fingerprint density at radius 2 is 2.28 bits per heavy atom. The standard InChI is InChI=1S/C14H18ClFO2/c1-14(6-2-3-7-18-14)13(17)9-10-4-5-12(16)11(15)8-10/h4-5,8,13,17H,2-3,6-7,9H2,1H3. The summed E-state index contributed by atoms with van der Waals surface area (Å²) >= 11 is 5.73. The van der Waals surface area contributed by atoms with Crippen LogP contribution in [-0.4, -0.2) is 23.4 Å². The fourth-order valence-electron chi connectivity index (χ4n) is 2.32. The fourth-order valence-corrected chi connectivity index (χ4v) is 2.53. The first-order valence-electron chi connectivity index (χ1n) is 6.27. The molecule has 100 valence electrons. The lowest BCUT2D eigenvalue weighted by Gasteiger charge is -2.38. The summed E-state index contributed by atoms with van der Waals surface area (Å²) in [6.07, 6.45) is 2.79. The number of rotatable bonds is 3. The molecule has 0 bridgehead atoms. The van der Waals surface area contributed by atoms with Crippen molar-refractivity contribution in [1.82, 2.24) is 0 Å². The van der Waals surface area contributed by atoms with Gasteiger partial charge in [-0.1, -0.05) is 17.7 Å². The maximum atomic E-state index is 13.0. The van der Waals surface area contributed by atoms with E-state index in [4.69, 9.17) is 16.3 Å². The van der Waals surface area contributed by atoms with Gasteiger partial charge in [0.15, 0.2) is 0 Å². The molecule has 1 fully saturated rings. The Bertz CT molecular complexity index is 416. The molecule has 2 rings (SSSR count). The van der Waals surface area contributed by atoms with Crippen molar-refractivity contribution in [3.63, 3.8) is 0 Å². The van der Waals surface area contributed by atoms with Crippen LogP contribution in [0.25, 0.3) is 0 Å². The summed E-state index contributed by atoms with van der Waals surface area (Å²) in [7, 11) is 0. The van der Waals surface area contributed by atoms with E-state index < -0.39 is 17.5 Å². The van der Waals surface area contributed by atoms with E-state index in [9.17, 15) is 9.50 Å². The summed E-state index contributed by atoms with van der Waals surface area (Å²) < 4.78 is 18.7. The number of aliphatic hydroxyl groups is 1. The normalized spacial score (nSPS) is 26.0. The topological polar surface area (TPSA) is 29.5 Å².